The standard InChI is InChI=1S/C17H35NO2.C6H6O2/c1-4-7-9-11-13-15-18(17(19)20-6-3)16-14-12-10-8-5-2;7-5-2-1-3-6(8)4-5/h4-16H2,1-3H3;1-4,7-8H. The second kappa shape index (κ2) is 18.5. The lowest BCUT2D eigenvalue weighted by molar-refractivity contribution is 0.105. The molecule has 1 rings (SSSR count). The summed E-state index contributed by atoms with van der Waals surface area (Å²) in [5.41, 5.74) is 0. The smallest absolute Gasteiger partial charge is 0.409 e. The van der Waals surface area contributed by atoms with Crippen molar-refractivity contribution < 1.29 is 19.7 Å². The highest BCUT2D eigenvalue weighted by atomic mass is 16.6. The van der Waals surface area contributed by atoms with Crippen molar-refractivity contribution in [3.05, 3.63) is 24.3 Å². The summed E-state index contributed by atoms with van der Waals surface area (Å²) in [4.78, 5) is 13.8. The molecule has 0 radical (unpaired) electrons. The minimum absolute atomic E-state index is 0.0880. The van der Waals surface area contributed by atoms with Crippen LogP contribution in [0.25, 0.3) is 0 Å². The van der Waals surface area contributed by atoms with E-state index in [-0.39, 0.29) is 17.6 Å². The van der Waals surface area contributed by atoms with Crippen LogP contribution in [0.15, 0.2) is 24.3 Å². The van der Waals surface area contributed by atoms with E-state index in [1.165, 1.54) is 69.6 Å². The van der Waals surface area contributed by atoms with E-state index in [9.17, 15) is 4.79 Å². The number of benzene rings is 1. The maximum absolute atomic E-state index is 11.9. The van der Waals surface area contributed by atoms with Gasteiger partial charge in [0, 0.05) is 19.2 Å². The van der Waals surface area contributed by atoms with Crippen LogP contribution in [-0.4, -0.2) is 40.9 Å². The summed E-state index contributed by atoms with van der Waals surface area (Å²) in [7, 11) is 0. The average molecular weight is 396 g/mol. The molecule has 0 bridgehead atoms. The number of hydrogen-bond acceptors (Lipinski definition) is 4. The molecule has 0 aromatic heterocycles. The summed E-state index contributed by atoms with van der Waals surface area (Å²) in [6, 6.07) is 5.85. The summed E-state index contributed by atoms with van der Waals surface area (Å²) in [6.45, 7) is 8.51. The molecule has 1 aromatic rings. The first-order valence-corrected chi connectivity index (χ1v) is 10.9. The van der Waals surface area contributed by atoms with E-state index >= 15 is 0 Å². The number of aromatic hydroxyl groups is 2. The molecule has 0 saturated heterocycles. The van der Waals surface area contributed by atoms with E-state index in [4.69, 9.17) is 14.9 Å². The van der Waals surface area contributed by atoms with Gasteiger partial charge in [0.25, 0.3) is 0 Å². The molecule has 0 aliphatic carbocycles. The monoisotopic (exact) mass is 395 g/mol. The summed E-state index contributed by atoms with van der Waals surface area (Å²) >= 11 is 0. The number of phenols is 2. The summed E-state index contributed by atoms with van der Waals surface area (Å²) in [5, 5.41) is 17.3. The minimum Gasteiger partial charge on any atom is -0.508 e. The first kappa shape index (κ1) is 26.1. The van der Waals surface area contributed by atoms with E-state index < -0.39 is 0 Å². The number of ether oxygens (including phenoxy) is 1. The van der Waals surface area contributed by atoms with Crippen LogP contribution in [0, 0.1) is 0 Å². The lowest BCUT2D eigenvalue weighted by Gasteiger charge is -2.21. The molecular formula is C23H41NO4. The Bertz CT molecular complexity index is 462. The van der Waals surface area contributed by atoms with Gasteiger partial charge in [0.15, 0.2) is 0 Å². The Kier molecular flexibility index (Phi) is 17.2. The lowest BCUT2D eigenvalue weighted by atomic mass is 10.1. The molecule has 0 saturated carbocycles. The summed E-state index contributed by atoms with van der Waals surface area (Å²) < 4.78 is 5.15. The zero-order valence-electron chi connectivity index (χ0n) is 18.2. The zero-order valence-corrected chi connectivity index (χ0v) is 18.2. The number of carbonyl (C=O) groups excluding carboxylic acids is 1. The highest BCUT2D eigenvalue weighted by Crippen LogP contribution is 2.14. The van der Waals surface area contributed by atoms with Crippen LogP contribution >= 0.6 is 0 Å². The van der Waals surface area contributed by atoms with Crippen molar-refractivity contribution in [3.63, 3.8) is 0 Å². The molecule has 28 heavy (non-hydrogen) atoms. The first-order valence-electron chi connectivity index (χ1n) is 10.9. The Hall–Kier alpha value is -1.91. The third-order valence-corrected chi connectivity index (χ3v) is 4.42. The van der Waals surface area contributed by atoms with Gasteiger partial charge in [-0.05, 0) is 31.9 Å². The Morgan fingerprint density at radius 1 is 0.821 bits per heavy atom. The molecule has 1 amide bonds. The van der Waals surface area contributed by atoms with Crippen molar-refractivity contribution in [1.82, 2.24) is 4.90 Å². The fourth-order valence-electron chi connectivity index (χ4n) is 2.81. The van der Waals surface area contributed by atoms with E-state index in [1.807, 2.05) is 11.8 Å². The molecule has 0 heterocycles. The Morgan fingerprint density at radius 2 is 1.29 bits per heavy atom. The normalized spacial score (nSPS) is 10.1. The van der Waals surface area contributed by atoms with Gasteiger partial charge in [-0.3, -0.25) is 0 Å². The zero-order chi connectivity index (χ0) is 21.0. The van der Waals surface area contributed by atoms with E-state index in [0.29, 0.717) is 6.61 Å². The Balaban J connectivity index is 0.000000749. The molecule has 5 nitrogen and oxygen atoms in total. The molecular weight excluding hydrogens is 354 g/mol. The van der Waals surface area contributed by atoms with Crippen LogP contribution in [-0.2, 0) is 4.74 Å². The highest BCUT2D eigenvalue weighted by Gasteiger charge is 2.13. The van der Waals surface area contributed by atoms with Crippen LogP contribution in [0.2, 0.25) is 0 Å². The predicted molar refractivity (Wildman–Crippen MR) is 116 cm³/mol. The predicted octanol–water partition coefficient (Wildman–Crippen LogP) is 6.48. The molecule has 162 valence electrons. The Labute approximate surface area is 171 Å². The van der Waals surface area contributed by atoms with Crippen LogP contribution in [0.5, 0.6) is 11.5 Å². The van der Waals surface area contributed by atoms with Gasteiger partial charge in [0.1, 0.15) is 11.5 Å². The fourth-order valence-corrected chi connectivity index (χ4v) is 2.81. The van der Waals surface area contributed by atoms with Crippen molar-refractivity contribution in [3.8, 4) is 11.5 Å². The third kappa shape index (κ3) is 15.2. The topological polar surface area (TPSA) is 70.0 Å². The fraction of sp³-hybridized carbons (Fsp3) is 0.696. The van der Waals surface area contributed by atoms with Gasteiger partial charge in [-0.2, -0.15) is 0 Å². The summed E-state index contributed by atoms with van der Waals surface area (Å²) in [5.74, 6) is 0.176. The van der Waals surface area contributed by atoms with Crippen molar-refractivity contribution in [2.75, 3.05) is 19.7 Å². The van der Waals surface area contributed by atoms with Gasteiger partial charge in [0.2, 0.25) is 0 Å². The largest absolute Gasteiger partial charge is 0.508 e. The van der Waals surface area contributed by atoms with Crippen LogP contribution in [0.1, 0.15) is 85.0 Å². The Morgan fingerprint density at radius 3 is 1.64 bits per heavy atom. The molecule has 0 unspecified atom stereocenters. The summed E-state index contributed by atoms with van der Waals surface area (Å²) in [6.07, 6.45) is 12.2. The second-order valence-electron chi connectivity index (χ2n) is 7.03. The maximum atomic E-state index is 11.9. The van der Waals surface area contributed by atoms with Crippen molar-refractivity contribution in [2.24, 2.45) is 0 Å². The quantitative estimate of drug-likeness (QED) is 0.375. The maximum Gasteiger partial charge on any atom is 0.409 e. The van der Waals surface area contributed by atoms with Gasteiger partial charge in [0.05, 0.1) is 6.61 Å². The molecule has 0 atom stereocenters. The van der Waals surface area contributed by atoms with Crippen LogP contribution in [0.4, 0.5) is 4.79 Å². The molecule has 0 aliphatic rings. The van der Waals surface area contributed by atoms with E-state index in [0.717, 1.165) is 25.9 Å². The van der Waals surface area contributed by atoms with E-state index in [2.05, 4.69) is 13.8 Å². The van der Waals surface area contributed by atoms with Crippen LogP contribution < -0.4 is 0 Å². The molecule has 0 aliphatic heterocycles. The number of nitrogens with zero attached hydrogens (tertiary/aromatic N) is 1. The van der Waals surface area contributed by atoms with Gasteiger partial charge in [-0.1, -0.05) is 71.3 Å². The molecule has 2 N–H and O–H groups in total. The second-order valence-corrected chi connectivity index (χ2v) is 7.03. The SMILES string of the molecule is CCCCCCCN(CCCCCCC)C(=O)OCC.Oc1cccc(O)c1. The third-order valence-electron chi connectivity index (χ3n) is 4.42. The van der Waals surface area contributed by atoms with Gasteiger partial charge < -0.3 is 19.8 Å². The highest BCUT2D eigenvalue weighted by molar-refractivity contribution is 5.67. The number of unbranched alkanes of at least 4 members (excludes halogenated alkanes) is 8. The molecule has 0 spiro atoms. The molecule has 5 heteroatoms. The number of phenolic OH excluding ortho intramolecular Hbond substituents is 2. The number of rotatable bonds is 13. The average Bonchev–Trinajstić information content (AvgIpc) is 2.66. The van der Waals surface area contributed by atoms with Crippen molar-refractivity contribution >= 4 is 6.09 Å². The van der Waals surface area contributed by atoms with E-state index in [1.54, 1.807) is 6.07 Å². The van der Waals surface area contributed by atoms with Gasteiger partial charge in [-0.25, -0.2) is 4.79 Å². The molecule has 0 fully saturated rings. The van der Waals surface area contributed by atoms with Crippen molar-refractivity contribution in [1.29, 1.82) is 0 Å². The van der Waals surface area contributed by atoms with Crippen molar-refractivity contribution in [2.45, 2.75) is 85.0 Å². The number of carbonyl (C=O) groups is 1. The number of hydrogen-bond donors (Lipinski definition) is 2. The van der Waals surface area contributed by atoms with Gasteiger partial charge >= 0.3 is 6.09 Å². The first-order chi connectivity index (χ1) is 13.5. The minimum atomic E-state index is -0.126. The lowest BCUT2D eigenvalue weighted by Crippen LogP contribution is -2.33. The number of amides is 1. The molecule has 1 aromatic carbocycles. The van der Waals surface area contributed by atoms with Gasteiger partial charge in [-0.15, -0.1) is 0 Å². The van der Waals surface area contributed by atoms with Crippen LogP contribution in [0.3, 0.4) is 0 Å².